The van der Waals surface area contributed by atoms with Crippen molar-refractivity contribution in [3.63, 3.8) is 0 Å². The van der Waals surface area contributed by atoms with E-state index in [1.54, 1.807) is 0 Å². The number of hydrogen-bond donors (Lipinski definition) is 2. The summed E-state index contributed by atoms with van der Waals surface area (Å²) in [6, 6.07) is 15.9. The molecule has 0 fully saturated rings. The number of amides is 1. The van der Waals surface area contributed by atoms with Gasteiger partial charge in [0.25, 0.3) is 6.43 Å². The second-order valence-corrected chi connectivity index (χ2v) is 6.70. The summed E-state index contributed by atoms with van der Waals surface area (Å²) >= 11 is 0. The van der Waals surface area contributed by atoms with Gasteiger partial charge in [-0.2, -0.15) is 0 Å². The van der Waals surface area contributed by atoms with E-state index in [0.29, 0.717) is 6.42 Å². The van der Waals surface area contributed by atoms with Crippen LogP contribution in [0.4, 0.5) is 8.78 Å². The summed E-state index contributed by atoms with van der Waals surface area (Å²) in [5.74, 6) is -1.29. The van der Waals surface area contributed by atoms with Crippen LogP contribution in [-0.4, -0.2) is 34.9 Å². The average molecular weight is 375 g/mol. The number of ketones is 1. The molecule has 0 unspecified atom stereocenters. The Kier molecular flexibility index (Phi) is 6.80. The normalized spacial score (nSPS) is 14.4. The molecule has 2 atom stereocenters. The van der Waals surface area contributed by atoms with Crippen molar-refractivity contribution >= 4 is 11.7 Å². The summed E-state index contributed by atoms with van der Waals surface area (Å²) in [6.07, 6.45) is -2.74. The summed E-state index contributed by atoms with van der Waals surface area (Å²) < 4.78 is 25.9. The quantitative estimate of drug-likeness (QED) is 0.743. The predicted octanol–water partition coefficient (Wildman–Crippen LogP) is 3.38. The first-order valence-corrected chi connectivity index (χ1v) is 8.66. The van der Waals surface area contributed by atoms with E-state index in [2.05, 4.69) is 5.32 Å². The van der Waals surface area contributed by atoms with E-state index in [0.717, 1.165) is 30.5 Å². The molecular weight excluding hydrogens is 352 g/mol. The van der Waals surface area contributed by atoms with Crippen molar-refractivity contribution in [1.29, 1.82) is 0 Å². The Hall–Kier alpha value is -2.60. The smallest absolute Gasteiger partial charge is 0.269 e. The van der Waals surface area contributed by atoms with Crippen LogP contribution in [-0.2, 0) is 16.0 Å². The summed E-state index contributed by atoms with van der Waals surface area (Å²) in [5.41, 5.74) is 0.428. The lowest BCUT2D eigenvalue weighted by atomic mass is 9.93. The molecule has 0 bridgehead atoms. The highest BCUT2D eigenvalue weighted by molar-refractivity contribution is 5.88. The van der Waals surface area contributed by atoms with Crippen LogP contribution in [0.5, 0.6) is 0 Å². The standard InChI is InChI=1S/C21H23F2NO3/c1-14(25)19(21(2,27)20(22)23)24-18(26)13-10-15-8-11-17(12-9-15)16-6-4-3-5-7-16/h3-9,11-12,19-20,27H,10,13H2,1-2H3,(H,24,26)/t19-,21+/m1/s1. The molecule has 27 heavy (non-hydrogen) atoms. The van der Waals surface area contributed by atoms with Crippen LogP contribution in [0.3, 0.4) is 0 Å². The number of nitrogens with one attached hydrogen (secondary N) is 1. The van der Waals surface area contributed by atoms with Gasteiger partial charge in [-0.05, 0) is 37.0 Å². The van der Waals surface area contributed by atoms with Crippen molar-refractivity contribution in [2.45, 2.75) is 44.8 Å². The molecule has 144 valence electrons. The Morgan fingerprint density at radius 3 is 2.11 bits per heavy atom. The lowest BCUT2D eigenvalue weighted by Crippen LogP contribution is -2.58. The molecule has 2 aromatic rings. The first-order chi connectivity index (χ1) is 12.7. The van der Waals surface area contributed by atoms with Gasteiger partial charge in [-0.3, -0.25) is 9.59 Å². The van der Waals surface area contributed by atoms with Crippen LogP contribution in [0, 0.1) is 0 Å². The molecule has 2 aromatic carbocycles. The van der Waals surface area contributed by atoms with Gasteiger partial charge < -0.3 is 10.4 Å². The monoisotopic (exact) mass is 375 g/mol. The summed E-state index contributed by atoms with van der Waals surface area (Å²) in [4.78, 5) is 23.6. The molecule has 2 N–H and O–H groups in total. The first kappa shape index (κ1) is 20.7. The Morgan fingerprint density at radius 1 is 1.04 bits per heavy atom. The van der Waals surface area contributed by atoms with Gasteiger partial charge in [0.15, 0.2) is 5.78 Å². The van der Waals surface area contributed by atoms with Gasteiger partial charge in [-0.25, -0.2) is 8.78 Å². The van der Waals surface area contributed by atoms with Crippen molar-refractivity contribution in [3.05, 3.63) is 60.2 Å². The Balaban J connectivity index is 1.95. The number of hydrogen-bond acceptors (Lipinski definition) is 3. The summed E-state index contributed by atoms with van der Waals surface area (Å²) in [6.45, 7) is 1.90. The van der Waals surface area contributed by atoms with Gasteiger partial charge in [-0.15, -0.1) is 0 Å². The minimum atomic E-state index is -3.16. The number of Topliss-reactive ketones (excluding diaryl/α,β-unsaturated/α-hetero) is 1. The van der Waals surface area contributed by atoms with Gasteiger partial charge in [0.1, 0.15) is 11.6 Å². The van der Waals surface area contributed by atoms with Gasteiger partial charge in [0.2, 0.25) is 5.91 Å². The zero-order chi connectivity index (χ0) is 20.0. The molecule has 0 aliphatic rings. The number of benzene rings is 2. The van der Waals surface area contributed by atoms with Crippen molar-refractivity contribution < 1.29 is 23.5 Å². The molecular formula is C21H23F2NO3. The third-order valence-corrected chi connectivity index (χ3v) is 4.44. The third kappa shape index (κ3) is 5.44. The lowest BCUT2D eigenvalue weighted by molar-refractivity contribution is -0.145. The number of alkyl halides is 2. The summed E-state index contributed by atoms with van der Waals surface area (Å²) in [7, 11) is 0. The largest absolute Gasteiger partial charge is 0.382 e. The molecule has 0 aliphatic carbocycles. The molecule has 0 aliphatic heterocycles. The number of carbonyl (C=O) groups excluding carboxylic acids is 2. The van der Waals surface area contributed by atoms with E-state index in [9.17, 15) is 23.5 Å². The van der Waals surface area contributed by atoms with Crippen LogP contribution < -0.4 is 5.32 Å². The van der Waals surface area contributed by atoms with E-state index in [1.807, 2.05) is 54.6 Å². The molecule has 2 rings (SSSR count). The van der Waals surface area contributed by atoms with Crippen LogP contribution in [0.1, 0.15) is 25.8 Å². The minimum absolute atomic E-state index is 0.0216. The van der Waals surface area contributed by atoms with Crippen molar-refractivity contribution in [1.82, 2.24) is 5.32 Å². The zero-order valence-corrected chi connectivity index (χ0v) is 15.3. The topological polar surface area (TPSA) is 66.4 Å². The summed E-state index contributed by atoms with van der Waals surface area (Å²) in [5, 5.41) is 12.0. The fourth-order valence-electron chi connectivity index (χ4n) is 2.77. The van der Waals surface area contributed by atoms with Crippen molar-refractivity contribution in [3.8, 4) is 11.1 Å². The van der Waals surface area contributed by atoms with Gasteiger partial charge in [-0.1, -0.05) is 54.6 Å². The highest BCUT2D eigenvalue weighted by atomic mass is 19.3. The van der Waals surface area contributed by atoms with Crippen molar-refractivity contribution in [2.24, 2.45) is 0 Å². The van der Waals surface area contributed by atoms with Gasteiger partial charge in [0.05, 0.1) is 0 Å². The van der Waals surface area contributed by atoms with Crippen LogP contribution in [0.25, 0.3) is 11.1 Å². The predicted molar refractivity (Wildman–Crippen MR) is 99.4 cm³/mol. The van der Waals surface area contributed by atoms with Gasteiger partial charge >= 0.3 is 0 Å². The number of halogens is 2. The fraction of sp³-hybridized carbons (Fsp3) is 0.333. The van der Waals surface area contributed by atoms with Crippen LogP contribution in [0.15, 0.2) is 54.6 Å². The molecule has 0 radical (unpaired) electrons. The fourth-order valence-corrected chi connectivity index (χ4v) is 2.77. The number of aryl methyl sites for hydroxylation is 1. The van der Waals surface area contributed by atoms with Crippen LogP contribution in [0.2, 0.25) is 0 Å². The maximum Gasteiger partial charge on any atom is 0.269 e. The number of aliphatic hydroxyl groups is 1. The molecule has 0 spiro atoms. The second kappa shape index (κ2) is 8.86. The van der Waals surface area contributed by atoms with E-state index in [-0.39, 0.29) is 6.42 Å². The Bertz CT molecular complexity index is 774. The second-order valence-electron chi connectivity index (χ2n) is 6.70. The first-order valence-electron chi connectivity index (χ1n) is 8.66. The zero-order valence-electron chi connectivity index (χ0n) is 15.3. The number of carbonyl (C=O) groups is 2. The molecule has 0 saturated heterocycles. The third-order valence-electron chi connectivity index (χ3n) is 4.44. The highest BCUT2D eigenvalue weighted by Gasteiger charge is 2.44. The lowest BCUT2D eigenvalue weighted by Gasteiger charge is -2.30. The minimum Gasteiger partial charge on any atom is -0.382 e. The maximum atomic E-state index is 12.9. The van der Waals surface area contributed by atoms with E-state index < -0.39 is 29.8 Å². The Labute approximate surface area is 157 Å². The Morgan fingerprint density at radius 2 is 1.59 bits per heavy atom. The van der Waals surface area contributed by atoms with E-state index in [1.165, 1.54) is 0 Å². The molecule has 4 nitrogen and oxygen atoms in total. The average Bonchev–Trinajstić information content (AvgIpc) is 2.65. The number of rotatable bonds is 8. The maximum absolute atomic E-state index is 12.9. The molecule has 0 aromatic heterocycles. The van der Waals surface area contributed by atoms with Crippen molar-refractivity contribution in [2.75, 3.05) is 0 Å². The van der Waals surface area contributed by atoms with Crippen LogP contribution >= 0.6 is 0 Å². The van der Waals surface area contributed by atoms with E-state index in [4.69, 9.17) is 0 Å². The van der Waals surface area contributed by atoms with E-state index >= 15 is 0 Å². The highest BCUT2D eigenvalue weighted by Crippen LogP contribution is 2.21. The van der Waals surface area contributed by atoms with Gasteiger partial charge in [0, 0.05) is 6.42 Å². The molecule has 1 amide bonds. The molecule has 6 heteroatoms. The SMILES string of the molecule is CC(=O)[C@@H](NC(=O)CCc1ccc(-c2ccccc2)cc1)[C@](C)(O)C(F)F. The molecule has 0 heterocycles. The molecule has 0 saturated carbocycles.